The van der Waals surface area contributed by atoms with Crippen LogP contribution in [0, 0.1) is 11.6 Å². The van der Waals surface area contributed by atoms with Crippen LogP contribution in [0.2, 0.25) is 0 Å². The molecule has 5 nitrogen and oxygen atoms in total. The highest BCUT2D eigenvalue weighted by molar-refractivity contribution is 6.09. The topological polar surface area (TPSA) is 33.1 Å². The third-order valence-electron chi connectivity index (χ3n) is 14.0. The molecule has 0 spiro atoms. The average Bonchev–Trinajstić information content (AvgIpc) is 3.91. The van der Waals surface area contributed by atoms with Crippen molar-refractivity contribution in [3.8, 4) is 50.7 Å². The predicted octanol–water partition coefficient (Wildman–Crippen LogP) is 18.0. The number of hydrogen-bond acceptors (Lipinski definition) is 2. The number of halogens is 2. The van der Waals surface area contributed by atoms with Crippen LogP contribution in [0.25, 0.3) is 61.0 Å². The van der Waals surface area contributed by atoms with Crippen molar-refractivity contribution in [1.29, 1.82) is 0 Å². The summed E-state index contributed by atoms with van der Waals surface area (Å²) in [6, 6.07) is 64.0. The van der Waals surface area contributed by atoms with Crippen molar-refractivity contribution in [1.82, 2.24) is 18.7 Å². The van der Waals surface area contributed by atoms with Gasteiger partial charge in [0.05, 0.1) is 28.2 Å². The number of pyridine rings is 1. The summed E-state index contributed by atoms with van der Waals surface area (Å²) < 4.78 is 43.6. The summed E-state index contributed by atoms with van der Waals surface area (Å²) in [7, 11) is 0. The van der Waals surface area contributed by atoms with Crippen LogP contribution in [0.5, 0.6) is 11.5 Å². The molecule has 1 aliphatic rings. The third-order valence-corrected chi connectivity index (χ3v) is 14.0. The van der Waals surface area contributed by atoms with E-state index in [0.29, 0.717) is 22.6 Å². The smallest absolute Gasteiger partial charge is 0.457 e. The van der Waals surface area contributed by atoms with Crippen molar-refractivity contribution in [3.63, 3.8) is 0 Å². The Bertz CT molecular complexity index is 3840. The Balaban J connectivity index is 1.15. The molecule has 1 aliphatic heterocycles. The molecule has 8 aromatic carbocycles. The van der Waals surface area contributed by atoms with Gasteiger partial charge in [-0.3, -0.25) is 4.57 Å². The van der Waals surface area contributed by atoms with Crippen molar-refractivity contribution in [2.75, 3.05) is 0 Å². The van der Waals surface area contributed by atoms with E-state index in [4.69, 9.17) is 9.72 Å². The monoisotopic (exact) mass is 960 g/mol. The van der Waals surface area contributed by atoms with Gasteiger partial charge in [0.2, 0.25) is 11.4 Å². The average molecular weight is 961 g/mol. The van der Waals surface area contributed by atoms with Gasteiger partial charge in [-0.05, 0) is 125 Å². The van der Waals surface area contributed by atoms with Gasteiger partial charge in [0.15, 0.2) is 0 Å². The van der Waals surface area contributed by atoms with Gasteiger partial charge in [0.1, 0.15) is 29.0 Å². The third kappa shape index (κ3) is 8.96. The van der Waals surface area contributed by atoms with E-state index in [9.17, 15) is 0 Å². The minimum Gasteiger partial charge on any atom is -0.457 e. The standard InChI is InChI=1S/C66H58F2N4O/c1-64(2,3)46-28-29-69-62(37-46)72-58-23-14-13-20-56(58)57-27-26-52(40-61(57)72)73-53-35-44(43-30-47(65(4,5)6)36-48(31-43)66(7,8)9)34-51(39-53)70-41-71(60-25-16-15-24-59(60)70)63-54(42-18-11-10-12-19-42)21-17-22-55(63)45-32-49(67)38-50(68)33-45/h10-40H,1-9H3/q+2. The molecule has 0 fully saturated rings. The Morgan fingerprint density at radius 1 is 0.452 bits per heavy atom. The van der Waals surface area contributed by atoms with Gasteiger partial charge in [0.25, 0.3) is 11.4 Å². The van der Waals surface area contributed by atoms with Crippen LogP contribution in [0.15, 0.2) is 188 Å². The molecule has 10 aromatic rings. The Labute approximate surface area is 426 Å². The molecule has 7 heteroatoms. The highest BCUT2D eigenvalue weighted by Gasteiger charge is 2.40. The molecule has 3 heterocycles. The summed E-state index contributed by atoms with van der Waals surface area (Å²) in [5, 5.41) is 2.23. The first-order valence-electron chi connectivity index (χ1n) is 25.0. The van der Waals surface area contributed by atoms with Gasteiger partial charge in [-0.1, -0.05) is 147 Å². The number of rotatable bonds is 8. The van der Waals surface area contributed by atoms with Gasteiger partial charge >= 0.3 is 6.01 Å². The van der Waals surface area contributed by atoms with Crippen LogP contribution in [0.1, 0.15) is 79.0 Å². The van der Waals surface area contributed by atoms with Crippen molar-refractivity contribution < 1.29 is 13.5 Å². The minimum absolute atomic E-state index is 0.0660. The Kier molecular flexibility index (Phi) is 11.5. The van der Waals surface area contributed by atoms with E-state index >= 15 is 8.78 Å². The minimum atomic E-state index is -0.649. The molecule has 0 saturated heterocycles. The van der Waals surface area contributed by atoms with Gasteiger partial charge in [-0.25, -0.2) is 13.8 Å². The molecule has 0 atom stereocenters. The van der Waals surface area contributed by atoms with Crippen LogP contribution >= 0.6 is 0 Å². The van der Waals surface area contributed by atoms with Crippen molar-refractivity contribution in [2.45, 2.75) is 78.6 Å². The lowest BCUT2D eigenvalue weighted by atomic mass is 9.79. The lowest BCUT2D eigenvalue weighted by Gasteiger charge is -2.26. The first-order valence-corrected chi connectivity index (χ1v) is 25.0. The van der Waals surface area contributed by atoms with Gasteiger partial charge in [0, 0.05) is 47.3 Å². The van der Waals surface area contributed by atoms with E-state index in [1.54, 1.807) is 0 Å². The lowest BCUT2D eigenvalue weighted by molar-refractivity contribution is 0.483. The van der Waals surface area contributed by atoms with E-state index in [-0.39, 0.29) is 16.2 Å². The second-order valence-electron chi connectivity index (χ2n) is 22.3. The Hall–Kier alpha value is -8.25. The van der Waals surface area contributed by atoms with Gasteiger partial charge in [-0.2, -0.15) is 0 Å². The molecule has 360 valence electrons. The Morgan fingerprint density at radius 2 is 1.05 bits per heavy atom. The fourth-order valence-electron chi connectivity index (χ4n) is 10.00. The highest BCUT2D eigenvalue weighted by atomic mass is 19.1. The molecule has 0 N–H and O–H groups in total. The number of benzene rings is 8. The molecule has 0 bridgehead atoms. The number of aromatic nitrogens is 2. The first-order chi connectivity index (χ1) is 34.9. The van der Waals surface area contributed by atoms with Crippen molar-refractivity contribution >= 4 is 50.6 Å². The second kappa shape index (κ2) is 17.8. The summed E-state index contributed by atoms with van der Waals surface area (Å²) in [6.07, 6.45) is 1.90. The molecule has 2 aromatic heterocycles. The Morgan fingerprint density at radius 3 is 1.74 bits per heavy atom. The summed E-state index contributed by atoms with van der Waals surface area (Å²) in [5.74, 6) is 0.856. The molecule has 11 rings (SSSR count). The second-order valence-corrected chi connectivity index (χ2v) is 22.3. The van der Waals surface area contributed by atoms with Crippen LogP contribution in [0.4, 0.5) is 31.5 Å². The quantitative estimate of drug-likeness (QED) is 0.142. The zero-order valence-corrected chi connectivity index (χ0v) is 42.9. The molecule has 0 saturated carbocycles. The van der Waals surface area contributed by atoms with Crippen LogP contribution in [0.3, 0.4) is 0 Å². The number of hydrogen-bond donors (Lipinski definition) is 0. The number of fused-ring (bicyclic) bond motifs is 4. The maximum Gasteiger partial charge on any atom is 0.503 e. The maximum absolute atomic E-state index is 15.1. The lowest BCUT2D eigenvalue weighted by Crippen LogP contribution is -2.16. The van der Waals surface area contributed by atoms with Gasteiger partial charge in [-0.15, -0.1) is 0 Å². The summed E-state index contributed by atoms with van der Waals surface area (Å²) >= 11 is 0. The zero-order valence-electron chi connectivity index (χ0n) is 42.9. The molecular weight excluding hydrogens is 903 g/mol. The summed E-state index contributed by atoms with van der Waals surface area (Å²) in [4.78, 5) is 4.93. The summed E-state index contributed by atoms with van der Waals surface area (Å²) in [6.45, 7) is 20.2. The highest BCUT2D eigenvalue weighted by Crippen LogP contribution is 2.46. The summed E-state index contributed by atoms with van der Waals surface area (Å²) in [5.41, 5.74) is 13.6. The number of nitrogens with zero attached hydrogens (tertiary/aromatic N) is 4. The van der Waals surface area contributed by atoms with E-state index in [1.165, 1.54) is 28.8 Å². The molecular formula is C66H58F2N4O+2. The predicted molar refractivity (Wildman–Crippen MR) is 298 cm³/mol. The fraction of sp³-hybridized carbons (Fsp3) is 0.182. The number of ether oxygens (including phenoxy) is 1. The molecule has 0 unspecified atom stereocenters. The molecule has 0 aliphatic carbocycles. The van der Waals surface area contributed by atoms with Crippen molar-refractivity contribution in [2.24, 2.45) is 0 Å². The van der Waals surface area contributed by atoms with E-state index in [0.717, 1.165) is 78.7 Å². The van der Waals surface area contributed by atoms with Crippen LogP contribution in [-0.4, -0.2) is 15.6 Å². The van der Waals surface area contributed by atoms with E-state index in [2.05, 4.69) is 187 Å². The largest absolute Gasteiger partial charge is 0.503 e. The van der Waals surface area contributed by atoms with E-state index in [1.807, 2.05) is 65.4 Å². The van der Waals surface area contributed by atoms with E-state index < -0.39 is 11.6 Å². The molecule has 73 heavy (non-hydrogen) atoms. The SMILES string of the molecule is CC(C)(C)c1cc(-c2cc(Oc3ccc4c5ccccc5n(-c5cc(C(C)(C)C)ccn5)c4c3)cc([N+]3=C=[N+](c4c(-c5ccccc5)cccc4-c4cc(F)cc(F)c4)c4ccccc43)c2)cc(C(C)(C)C)c1. The van der Waals surface area contributed by atoms with Crippen molar-refractivity contribution in [3.05, 3.63) is 217 Å². The first kappa shape index (κ1) is 47.1. The van der Waals surface area contributed by atoms with Crippen LogP contribution in [-0.2, 0) is 16.2 Å². The van der Waals surface area contributed by atoms with Gasteiger partial charge < -0.3 is 4.74 Å². The normalized spacial score (nSPS) is 12.8. The maximum atomic E-state index is 15.1. The zero-order chi connectivity index (χ0) is 51.0. The molecule has 0 radical (unpaired) electrons. The fourth-order valence-corrected chi connectivity index (χ4v) is 10.00. The van der Waals surface area contributed by atoms with Crippen LogP contribution < -0.4 is 13.9 Å². The molecule has 0 amide bonds. The number of para-hydroxylation sites is 4.